The van der Waals surface area contributed by atoms with E-state index in [2.05, 4.69) is 0 Å². The highest BCUT2D eigenvalue weighted by Crippen LogP contribution is 2.26. The van der Waals surface area contributed by atoms with Crippen molar-refractivity contribution in [3.05, 3.63) is 29.3 Å². The topological polar surface area (TPSA) is 3.24 Å². The van der Waals surface area contributed by atoms with Gasteiger partial charge in [-0.15, -0.1) is 0 Å². The maximum atomic E-state index is 13.2. The van der Waals surface area contributed by atoms with Gasteiger partial charge in [-0.3, -0.25) is 0 Å². The van der Waals surface area contributed by atoms with Gasteiger partial charge in [0.25, 0.3) is 0 Å². The molecular weight excluding hydrogens is 184 g/mol. The van der Waals surface area contributed by atoms with Crippen molar-refractivity contribution in [3.63, 3.8) is 0 Å². The van der Waals surface area contributed by atoms with Crippen LogP contribution in [0, 0.1) is 18.6 Å². The Bertz CT molecular complexity index is 343. The molecule has 1 heterocycles. The Morgan fingerprint density at radius 1 is 1.14 bits per heavy atom. The van der Waals surface area contributed by atoms with Crippen molar-refractivity contribution in [3.8, 4) is 0 Å². The summed E-state index contributed by atoms with van der Waals surface area (Å²) in [6.45, 7) is 3.51. The molecule has 1 fully saturated rings. The van der Waals surface area contributed by atoms with E-state index >= 15 is 0 Å². The third-order valence-corrected chi connectivity index (χ3v) is 2.73. The predicted molar refractivity (Wildman–Crippen MR) is 52.5 cm³/mol. The first-order chi connectivity index (χ1) is 6.68. The Labute approximate surface area is 82.3 Å². The van der Waals surface area contributed by atoms with Crippen LogP contribution in [0.1, 0.15) is 18.4 Å². The highest BCUT2D eigenvalue weighted by molar-refractivity contribution is 5.54. The Hall–Kier alpha value is -1.12. The van der Waals surface area contributed by atoms with E-state index in [1.54, 1.807) is 6.92 Å². The van der Waals surface area contributed by atoms with Gasteiger partial charge in [-0.1, -0.05) is 0 Å². The molecule has 0 spiro atoms. The van der Waals surface area contributed by atoms with Crippen molar-refractivity contribution < 1.29 is 8.78 Å². The number of halogens is 2. The van der Waals surface area contributed by atoms with Crippen LogP contribution >= 0.6 is 0 Å². The maximum absolute atomic E-state index is 13.2. The van der Waals surface area contributed by atoms with Crippen LogP contribution in [0.3, 0.4) is 0 Å². The summed E-state index contributed by atoms with van der Waals surface area (Å²) < 4.78 is 26.2. The molecule has 14 heavy (non-hydrogen) atoms. The second kappa shape index (κ2) is 3.56. The van der Waals surface area contributed by atoms with E-state index in [-0.39, 0.29) is 0 Å². The van der Waals surface area contributed by atoms with Crippen molar-refractivity contribution in [2.45, 2.75) is 19.8 Å². The highest BCUT2D eigenvalue weighted by atomic mass is 19.1. The van der Waals surface area contributed by atoms with Crippen LogP contribution in [-0.4, -0.2) is 13.1 Å². The number of benzene rings is 1. The fourth-order valence-electron chi connectivity index (χ4n) is 1.92. The van der Waals surface area contributed by atoms with Crippen LogP contribution in [0.15, 0.2) is 12.1 Å². The van der Waals surface area contributed by atoms with Crippen molar-refractivity contribution >= 4 is 5.69 Å². The maximum Gasteiger partial charge on any atom is 0.131 e. The molecule has 0 saturated carbocycles. The van der Waals surface area contributed by atoms with Crippen molar-refractivity contribution in [1.82, 2.24) is 0 Å². The zero-order valence-corrected chi connectivity index (χ0v) is 8.19. The Balaban J connectivity index is 2.40. The Morgan fingerprint density at radius 3 is 2.43 bits per heavy atom. The van der Waals surface area contributed by atoms with Crippen LogP contribution in [0.2, 0.25) is 0 Å². The average Bonchev–Trinajstić information content (AvgIpc) is 2.63. The molecule has 0 bridgehead atoms. The van der Waals surface area contributed by atoms with Crippen LogP contribution < -0.4 is 4.90 Å². The van der Waals surface area contributed by atoms with Crippen molar-refractivity contribution in [2.75, 3.05) is 18.0 Å². The summed E-state index contributed by atoms with van der Waals surface area (Å²) in [7, 11) is 0. The lowest BCUT2D eigenvalue weighted by Crippen LogP contribution is -2.19. The van der Waals surface area contributed by atoms with Gasteiger partial charge in [0.2, 0.25) is 0 Å². The molecule has 1 nitrogen and oxygen atoms in total. The number of nitrogens with zero attached hydrogens (tertiary/aromatic N) is 1. The second-order valence-corrected chi connectivity index (χ2v) is 3.73. The van der Waals surface area contributed by atoms with Gasteiger partial charge in [-0.2, -0.15) is 0 Å². The smallest absolute Gasteiger partial charge is 0.131 e. The zero-order valence-electron chi connectivity index (χ0n) is 8.19. The quantitative estimate of drug-likeness (QED) is 0.669. The lowest BCUT2D eigenvalue weighted by Gasteiger charge is -2.20. The lowest BCUT2D eigenvalue weighted by molar-refractivity contribution is 0.576. The van der Waals surface area contributed by atoms with Crippen LogP contribution in [-0.2, 0) is 0 Å². The molecule has 1 saturated heterocycles. The molecule has 0 aliphatic carbocycles. The second-order valence-electron chi connectivity index (χ2n) is 3.73. The fourth-order valence-corrected chi connectivity index (χ4v) is 1.92. The molecule has 1 aliphatic heterocycles. The molecule has 1 aromatic carbocycles. The first kappa shape index (κ1) is 9.44. The van der Waals surface area contributed by atoms with Gasteiger partial charge in [0.15, 0.2) is 0 Å². The van der Waals surface area contributed by atoms with Gasteiger partial charge >= 0.3 is 0 Å². The average molecular weight is 197 g/mol. The minimum absolute atomic E-state index is 0.452. The molecule has 1 aliphatic rings. The van der Waals surface area contributed by atoms with E-state index < -0.39 is 11.6 Å². The van der Waals surface area contributed by atoms with Crippen LogP contribution in [0.5, 0.6) is 0 Å². The SMILES string of the molecule is Cc1c(F)cc(F)cc1N1CCCC1. The minimum atomic E-state index is -0.491. The molecule has 0 amide bonds. The van der Waals surface area contributed by atoms with Gasteiger partial charge in [0.05, 0.1) is 0 Å². The zero-order chi connectivity index (χ0) is 10.1. The molecule has 0 unspecified atom stereocenters. The van der Waals surface area contributed by atoms with Crippen molar-refractivity contribution in [1.29, 1.82) is 0 Å². The number of rotatable bonds is 1. The summed E-state index contributed by atoms with van der Waals surface area (Å²) in [6, 6.07) is 2.36. The van der Waals surface area contributed by atoms with Crippen molar-refractivity contribution in [2.24, 2.45) is 0 Å². The van der Waals surface area contributed by atoms with E-state index in [0.29, 0.717) is 11.3 Å². The van der Waals surface area contributed by atoms with E-state index in [1.807, 2.05) is 4.90 Å². The minimum Gasteiger partial charge on any atom is -0.371 e. The molecule has 0 atom stereocenters. The van der Waals surface area contributed by atoms with Gasteiger partial charge in [0, 0.05) is 30.4 Å². The van der Waals surface area contributed by atoms with E-state index in [1.165, 1.54) is 6.07 Å². The Kier molecular flexibility index (Phi) is 2.40. The van der Waals surface area contributed by atoms with E-state index in [4.69, 9.17) is 0 Å². The summed E-state index contributed by atoms with van der Waals surface area (Å²) in [5.74, 6) is -0.943. The molecule has 0 aromatic heterocycles. The predicted octanol–water partition coefficient (Wildman–Crippen LogP) is 2.87. The third kappa shape index (κ3) is 1.59. The van der Waals surface area contributed by atoms with Gasteiger partial charge in [0.1, 0.15) is 11.6 Å². The summed E-state index contributed by atoms with van der Waals surface area (Å²) in [4.78, 5) is 2.04. The molecule has 3 heteroatoms. The molecular formula is C11H13F2N. The lowest BCUT2D eigenvalue weighted by atomic mass is 10.1. The van der Waals surface area contributed by atoms with E-state index in [0.717, 1.165) is 32.0 Å². The number of anilines is 1. The van der Waals surface area contributed by atoms with Crippen LogP contribution in [0.4, 0.5) is 14.5 Å². The standard InChI is InChI=1S/C11H13F2N/c1-8-10(13)6-9(12)7-11(8)14-4-2-3-5-14/h6-7H,2-5H2,1H3. The third-order valence-electron chi connectivity index (χ3n) is 2.73. The molecule has 2 rings (SSSR count). The summed E-state index contributed by atoms with van der Waals surface area (Å²) >= 11 is 0. The Morgan fingerprint density at radius 2 is 1.79 bits per heavy atom. The molecule has 0 radical (unpaired) electrons. The summed E-state index contributed by atoms with van der Waals surface area (Å²) in [5, 5.41) is 0. The first-order valence-corrected chi connectivity index (χ1v) is 4.89. The summed E-state index contributed by atoms with van der Waals surface area (Å²) in [6.07, 6.45) is 2.22. The molecule has 0 N–H and O–H groups in total. The van der Waals surface area contributed by atoms with Gasteiger partial charge in [-0.05, 0) is 25.8 Å². The molecule has 76 valence electrons. The molecule has 1 aromatic rings. The summed E-state index contributed by atoms with van der Waals surface area (Å²) in [5.41, 5.74) is 1.26. The highest BCUT2D eigenvalue weighted by Gasteiger charge is 2.17. The van der Waals surface area contributed by atoms with Gasteiger partial charge < -0.3 is 4.90 Å². The first-order valence-electron chi connectivity index (χ1n) is 4.89. The number of hydrogen-bond acceptors (Lipinski definition) is 1. The largest absolute Gasteiger partial charge is 0.371 e. The van der Waals surface area contributed by atoms with Gasteiger partial charge in [-0.25, -0.2) is 8.78 Å². The fraction of sp³-hybridized carbons (Fsp3) is 0.455. The normalized spacial score (nSPS) is 16.4. The number of hydrogen-bond donors (Lipinski definition) is 0. The monoisotopic (exact) mass is 197 g/mol. The van der Waals surface area contributed by atoms with E-state index in [9.17, 15) is 8.78 Å². The van der Waals surface area contributed by atoms with Crippen LogP contribution in [0.25, 0.3) is 0 Å².